The Morgan fingerprint density at radius 2 is 2.06 bits per heavy atom. The Balaban J connectivity index is 1.48. The lowest BCUT2D eigenvalue weighted by molar-refractivity contribution is -0.146. The number of aromatic nitrogens is 1. The van der Waals surface area contributed by atoms with Crippen LogP contribution >= 0.6 is 0 Å². The van der Waals surface area contributed by atoms with Crippen LogP contribution in [0.2, 0.25) is 0 Å². The van der Waals surface area contributed by atoms with Crippen LogP contribution in [0.4, 0.5) is 0 Å². The molecular formula is C27H36N4O4. The first kappa shape index (κ1) is 25.2. The molecule has 0 aliphatic carbocycles. The summed E-state index contributed by atoms with van der Waals surface area (Å²) >= 11 is 0. The van der Waals surface area contributed by atoms with Crippen molar-refractivity contribution in [3.8, 4) is 6.07 Å². The predicted octanol–water partition coefficient (Wildman–Crippen LogP) is 3.11. The van der Waals surface area contributed by atoms with Crippen molar-refractivity contribution >= 4 is 22.8 Å². The van der Waals surface area contributed by atoms with Crippen LogP contribution in [-0.2, 0) is 32.0 Å². The van der Waals surface area contributed by atoms with Gasteiger partial charge in [-0.05, 0) is 76.1 Å². The summed E-state index contributed by atoms with van der Waals surface area (Å²) in [7, 11) is 1.71. The number of carbonyl (C=O) groups excluding carboxylic acids is 2. The van der Waals surface area contributed by atoms with Crippen molar-refractivity contribution in [2.24, 2.45) is 0 Å². The van der Waals surface area contributed by atoms with E-state index in [1.165, 1.54) is 5.69 Å². The zero-order chi connectivity index (χ0) is 24.9. The maximum atomic E-state index is 13.7. The predicted molar refractivity (Wildman–Crippen MR) is 133 cm³/mol. The van der Waals surface area contributed by atoms with Gasteiger partial charge in [0.25, 0.3) is 0 Å². The molecule has 8 nitrogen and oxygen atoms in total. The van der Waals surface area contributed by atoms with E-state index in [-0.39, 0.29) is 36.6 Å². The van der Waals surface area contributed by atoms with Gasteiger partial charge in [0.15, 0.2) is 0 Å². The van der Waals surface area contributed by atoms with Gasteiger partial charge >= 0.3 is 5.97 Å². The quantitative estimate of drug-likeness (QED) is 0.513. The third kappa shape index (κ3) is 5.36. The summed E-state index contributed by atoms with van der Waals surface area (Å²) in [5.74, 6) is -0.169. The Bertz CT molecular complexity index is 1100. The van der Waals surface area contributed by atoms with Gasteiger partial charge in [-0.2, -0.15) is 5.26 Å². The van der Waals surface area contributed by atoms with Crippen molar-refractivity contribution in [3.63, 3.8) is 0 Å². The number of nitriles is 1. The number of likely N-dealkylation sites (tertiary alicyclic amines) is 2. The van der Waals surface area contributed by atoms with Crippen LogP contribution in [0, 0.1) is 11.3 Å². The molecule has 2 aliphatic heterocycles. The average Bonchev–Trinajstić information content (AvgIpc) is 3.58. The number of esters is 1. The highest BCUT2D eigenvalue weighted by Crippen LogP contribution is 2.30. The lowest BCUT2D eigenvalue weighted by Gasteiger charge is -2.31. The highest BCUT2D eigenvalue weighted by Gasteiger charge is 2.41. The Hall–Kier alpha value is -2.89. The molecule has 2 aromatic rings. The number of methoxy groups -OCH3 is 1. The SMILES string of the molecule is CCOC(=O)CN1CCC[C@@H]1C(=O)N1C[C@@H](OC)C[C@@H]1CCc1cc2ccc(C#N)cc2n1CC. The van der Waals surface area contributed by atoms with Gasteiger partial charge in [0.1, 0.15) is 0 Å². The largest absolute Gasteiger partial charge is 0.465 e. The molecule has 2 saturated heterocycles. The number of hydrogen-bond acceptors (Lipinski definition) is 6. The first-order valence-electron chi connectivity index (χ1n) is 12.7. The molecule has 3 heterocycles. The van der Waals surface area contributed by atoms with Crippen molar-refractivity contribution in [2.75, 3.05) is 33.4 Å². The molecule has 3 atom stereocenters. The smallest absolute Gasteiger partial charge is 0.320 e. The van der Waals surface area contributed by atoms with Crippen molar-refractivity contribution in [1.29, 1.82) is 5.26 Å². The monoisotopic (exact) mass is 480 g/mol. The van der Waals surface area contributed by atoms with Crippen LogP contribution < -0.4 is 0 Å². The van der Waals surface area contributed by atoms with Gasteiger partial charge in [-0.25, -0.2) is 0 Å². The standard InChI is InChI=1S/C27H36N4O4/c1-4-30-21(14-20-9-8-19(16-28)13-25(20)30)10-11-22-15-23(34-3)17-31(22)27(33)24-7-6-12-29(24)18-26(32)35-5-2/h8-9,13-14,22-24H,4-7,10-12,15,17-18H2,1-3H3/t22-,23-,24+/m0/s1. The molecule has 0 radical (unpaired) electrons. The number of benzene rings is 1. The average molecular weight is 481 g/mol. The molecule has 2 aliphatic rings. The first-order valence-corrected chi connectivity index (χ1v) is 12.7. The number of hydrogen-bond donors (Lipinski definition) is 0. The fraction of sp³-hybridized carbons (Fsp3) is 0.593. The molecule has 0 N–H and O–H groups in total. The second-order valence-electron chi connectivity index (χ2n) is 9.48. The number of fused-ring (bicyclic) bond motifs is 1. The van der Waals surface area contributed by atoms with E-state index in [9.17, 15) is 14.9 Å². The summed E-state index contributed by atoms with van der Waals surface area (Å²) in [6.45, 7) is 6.58. The molecule has 1 amide bonds. The molecule has 188 valence electrons. The van der Waals surface area contributed by atoms with Crippen LogP contribution in [-0.4, -0.2) is 77.8 Å². The molecule has 0 spiro atoms. The van der Waals surface area contributed by atoms with Gasteiger partial charge in [0, 0.05) is 37.5 Å². The summed E-state index contributed by atoms with van der Waals surface area (Å²) in [5.41, 5.74) is 2.96. The van der Waals surface area contributed by atoms with Crippen molar-refractivity contribution in [3.05, 3.63) is 35.5 Å². The molecule has 0 unspecified atom stereocenters. The Kier molecular flexibility index (Phi) is 8.09. The molecular weight excluding hydrogens is 444 g/mol. The molecule has 0 saturated carbocycles. The normalized spacial score (nSPS) is 22.6. The topological polar surface area (TPSA) is 87.8 Å². The van der Waals surface area contributed by atoms with E-state index in [0.717, 1.165) is 56.1 Å². The number of carbonyl (C=O) groups is 2. The summed E-state index contributed by atoms with van der Waals surface area (Å²) in [6.07, 6.45) is 4.20. The van der Waals surface area contributed by atoms with Gasteiger partial charge in [-0.3, -0.25) is 14.5 Å². The molecule has 35 heavy (non-hydrogen) atoms. The maximum absolute atomic E-state index is 13.7. The van der Waals surface area contributed by atoms with Crippen LogP contribution in [0.5, 0.6) is 0 Å². The van der Waals surface area contributed by atoms with E-state index in [1.54, 1.807) is 14.0 Å². The van der Waals surface area contributed by atoms with E-state index >= 15 is 0 Å². The molecule has 1 aromatic carbocycles. The fourth-order valence-corrected chi connectivity index (χ4v) is 5.72. The van der Waals surface area contributed by atoms with Crippen molar-refractivity contribution in [2.45, 2.75) is 70.7 Å². The minimum Gasteiger partial charge on any atom is -0.465 e. The summed E-state index contributed by atoms with van der Waals surface area (Å²) in [5, 5.41) is 10.4. The highest BCUT2D eigenvalue weighted by atomic mass is 16.5. The van der Waals surface area contributed by atoms with Gasteiger partial charge < -0.3 is 18.9 Å². The first-order chi connectivity index (χ1) is 17.0. The minimum atomic E-state index is -0.274. The molecule has 0 bridgehead atoms. The van der Waals surface area contributed by atoms with Gasteiger partial charge in [-0.15, -0.1) is 0 Å². The van der Waals surface area contributed by atoms with E-state index in [1.807, 2.05) is 28.0 Å². The van der Waals surface area contributed by atoms with Crippen LogP contribution in [0.3, 0.4) is 0 Å². The van der Waals surface area contributed by atoms with Gasteiger partial charge in [0.05, 0.1) is 36.9 Å². The third-order valence-electron chi connectivity index (χ3n) is 7.45. The van der Waals surface area contributed by atoms with E-state index in [4.69, 9.17) is 9.47 Å². The van der Waals surface area contributed by atoms with Crippen LogP contribution in [0.1, 0.15) is 50.8 Å². The van der Waals surface area contributed by atoms with E-state index in [2.05, 4.69) is 23.6 Å². The number of nitrogens with zero attached hydrogens (tertiary/aromatic N) is 4. The van der Waals surface area contributed by atoms with Crippen molar-refractivity contribution in [1.82, 2.24) is 14.4 Å². The second kappa shape index (κ2) is 11.2. The Morgan fingerprint density at radius 3 is 2.77 bits per heavy atom. The number of rotatable bonds is 9. The summed E-state index contributed by atoms with van der Waals surface area (Å²) in [4.78, 5) is 29.7. The Morgan fingerprint density at radius 1 is 1.23 bits per heavy atom. The number of aryl methyl sites for hydroxylation is 2. The number of amides is 1. The zero-order valence-electron chi connectivity index (χ0n) is 21.0. The number of ether oxygens (including phenoxy) is 2. The third-order valence-corrected chi connectivity index (χ3v) is 7.45. The molecule has 8 heteroatoms. The van der Waals surface area contributed by atoms with Crippen LogP contribution in [0.25, 0.3) is 10.9 Å². The summed E-state index contributed by atoms with van der Waals surface area (Å²) in [6, 6.07) is 10.1. The van der Waals surface area contributed by atoms with Gasteiger partial charge in [-0.1, -0.05) is 6.07 Å². The van der Waals surface area contributed by atoms with Gasteiger partial charge in [0.2, 0.25) is 5.91 Å². The maximum Gasteiger partial charge on any atom is 0.320 e. The molecule has 2 fully saturated rings. The lowest BCUT2D eigenvalue weighted by Crippen LogP contribution is -2.49. The zero-order valence-corrected chi connectivity index (χ0v) is 21.0. The highest BCUT2D eigenvalue weighted by molar-refractivity contribution is 5.84. The lowest BCUT2D eigenvalue weighted by atomic mass is 10.0. The second-order valence-corrected chi connectivity index (χ2v) is 9.48. The molecule has 4 rings (SSSR count). The Labute approximate surface area is 207 Å². The van der Waals surface area contributed by atoms with E-state index < -0.39 is 0 Å². The molecule has 1 aromatic heterocycles. The fourth-order valence-electron chi connectivity index (χ4n) is 5.72. The summed E-state index contributed by atoms with van der Waals surface area (Å²) < 4.78 is 13.0. The minimum absolute atomic E-state index is 0.0269. The van der Waals surface area contributed by atoms with Crippen LogP contribution in [0.15, 0.2) is 24.3 Å². The van der Waals surface area contributed by atoms with Crippen molar-refractivity contribution < 1.29 is 19.1 Å². The van der Waals surface area contributed by atoms with E-state index in [0.29, 0.717) is 18.7 Å².